The summed E-state index contributed by atoms with van der Waals surface area (Å²) in [6.07, 6.45) is -9.14. The quantitative estimate of drug-likeness (QED) is 0.00731. The van der Waals surface area contributed by atoms with E-state index >= 15 is 0 Å². The first-order chi connectivity index (χ1) is 59.4. The number of guanidine groups is 2. The maximum absolute atomic E-state index is 14.4. The van der Waals surface area contributed by atoms with Crippen LogP contribution in [0.2, 0.25) is 0 Å². The van der Waals surface area contributed by atoms with Gasteiger partial charge in [-0.1, -0.05) is 46.2 Å². The first kappa shape index (κ1) is 109. The van der Waals surface area contributed by atoms with Crippen molar-refractivity contribution in [3.05, 3.63) is 68.3 Å². The minimum absolute atomic E-state index is 0.0137. The van der Waals surface area contributed by atoms with Gasteiger partial charge in [-0.3, -0.25) is 113 Å². The van der Waals surface area contributed by atoms with Crippen LogP contribution in [0.15, 0.2) is 42.5 Å². The molecule has 0 saturated carbocycles. The first-order valence-electron chi connectivity index (χ1n) is 40.2. The molecule has 0 aliphatic carbocycles. The van der Waals surface area contributed by atoms with E-state index in [4.69, 9.17) is 45.2 Å². The summed E-state index contributed by atoms with van der Waals surface area (Å²) in [5, 5.41) is 117. The van der Waals surface area contributed by atoms with Crippen LogP contribution < -0.4 is 119 Å². The minimum atomic E-state index is -2.12. The minimum Gasteiger partial charge on any atom is -0.481 e. The lowest BCUT2D eigenvalue weighted by Gasteiger charge is -2.29. The van der Waals surface area contributed by atoms with E-state index in [0.717, 1.165) is 39.0 Å². The number of nitro groups is 2. The number of primary amides is 3. The Morgan fingerprint density at radius 2 is 0.811 bits per heavy atom. The van der Waals surface area contributed by atoms with Crippen LogP contribution in [0.3, 0.4) is 0 Å². The molecule has 34 N–H and O–H groups in total. The van der Waals surface area contributed by atoms with Gasteiger partial charge in [-0.2, -0.15) is 0 Å². The van der Waals surface area contributed by atoms with Gasteiger partial charge in [0.1, 0.15) is 84.2 Å². The van der Waals surface area contributed by atoms with Gasteiger partial charge in [-0.05, 0) is 122 Å². The number of carbonyl (C=O) groups is 18. The Morgan fingerprint density at radius 3 is 1.23 bits per heavy atom. The van der Waals surface area contributed by atoms with Crippen LogP contribution in [0.4, 0.5) is 22.7 Å². The van der Waals surface area contributed by atoms with E-state index in [1.807, 2.05) is 0 Å². The monoisotopic (exact) mass is 1800 g/mol. The molecule has 16 amide bonds. The lowest BCUT2D eigenvalue weighted by molar-refractivity contribution is -0.393. The van der Waals surface area contributed by atoms with Gasteiger partial charge < -0.3 is 140 Å². The predicted molar refractivity (Wildman–Crippen MR) is 450 cm³/mol. The number of anilines is 2. The largest absolute Gasteiger partial charge is 0.481 e. The standard InChI is InChI=1S/C75H118N26O26/c1-9-35(4)57(97-67(116)46(20-15-29-86-75(82)83)93-72(121)59(39(8)103)99-62(111)41-16-10-11-17-42(41)76)70(119)95-50(33-56(107)108)69(118)90-47(23-25-53(77)104)64(113)87-36(5)60(109)94-49(32-55(79)106)68(117)91-48(24-26-54(78)105)66(115)89-45(19-14-28-85-74(80)81)63(112)88-37(6)61(110)98-58(38(7)102)71(120)92-44(65(114)96-51(73(122)123)30-34(2)3)18-12-13-27-84-43-22-21-40(100(124)125)31-52(43)101(126)127/h10-11,16-17,21-22,31,34-39,44-51,57-59,84,102-103H,9,12-15,18-20,23-30,32-33,76H2,1-8H3,(H2,77,104)(H2,78,105)(H2,79,106)(H,87,113)(H,88,112)(H,89,115)(H,90,118)(H,91,117)(H,92,120)(H,93,121)(H,94,109)(H,95,119)(H,96,114)(H,97,116)(H,98,110)(H,99,111)(H,107,108)(H,122,123)(H4,80,81,85)(H4,82,83,86)/t35-,36-,37-,38+,39+,44-,45-,46+,47-,48-,49-,50-,51-,57-,58-,59-/m0/s1. The van der Waals surface area contributed by atoms with E-state index in [1.54, 1.807) is 20.8 Å². The zero-order valence-corrected chi connectivity index (χ0v) is 71.2. The average Bonchev–Trinajstić information content (AvgIpc) is 0.851. The highest BCUT2D eigenvalue weighted by molar-refractivity contribution is 6.04. The fourth-order valence-corrected chi connectivity index (χ4v) is 12.0. The summed E-state index contributed by atoms with van der Waals surface area (Å²) in [4.78, 5) is 265. The van der Waals surface area contributed by atoms with E-state index in [-0.39, 0.29) is 100 Å². The third kappa shape index (κ3) is 39.9. The molecule has 0 radical (unpaired) electrons. The maximum atomic E-state index is 14.4. The smallest absolute Gasteiger partial charge is 0.326 e. The molecule has 0 aromatic heterocycles. The molecule has 0 fully saturated rings. The van der Waals surface area contributed by atoms with Gasteiger partial charge in [0.15, 0.2) is 11.9 Å². The number of aliphatic hydroxyl groups is 2. The average molecular weight is 1800 g/mol. The number of nitrogen functional groups attached to an aromatic ring is 1. The lowest BCUT2D eigenvalue weighted by Crippen LogP contribution is -2.62. The van der Waals surface area contributed by atoms with Gasteiger partial charge in [-0.15, -0.1) is 0 Å². The molecular formula is C75H118N26O26. The molecule has 0 unspecified atom stereocenters. The van der Waals surface area contributed by atoms with Crippen molar-refractivity contribution in [1.82, 2.24) is 79.8 Å². The molecule has 0 spiro atoms. The van der Waals surface area contributed by atoms with Gasteiger partial charge in [0.05, 0.1) is 46.5 Å². The summed E-state index contributed by atoms with van der Waals surface area (Å²) in [6.45, 7) is 10.5. The molecule has 16 atom stereocenters. The second-order valence-corrected chi connectivity index (χ2v) is 30.2. The number of non-ortho nitro benzene ring substituents is 1. The number of aliphatic carboxylic acids is 2. The number of para-hydroxylation sites is 1. The summed E-state index contributed by atoms with van der Waals surface area (Å²) >= 11 is 0. The van der Waals surface area contributed by atoms with Gasteiger partial charge >= 0.3 is 11.9 Å². The number of carboxylic acid groups (broad SMARTS) is 2. The number of amides is 16. The number of nitrogens with zero attached hydrogens (tertiary/aromatic N) is 2. The number of hydrogen-bond acceptors (Lipinski definition) is 28. The molecule has 2 aromatic carbocycles. The van der Waals surface area contributed by atoms with Gasteiger partial charge in [0.25, 0.3) is 17.3 Å². The maximum Gasteiger partial charge on any atom is 0.326 e. The van der Waals surface area contributed by atoms with E-state index in [0.29, 0.717) is 0 Å². The number of benzene rings is 2. The zero-order valence-electron chi connectivity index (χ0n) is 71.2. The summed E-state index contributed by atoms with van der Waals surface area (Å²) in [5.41, 5.74) is 31.8. The third-order valence-corrected chi connectivity index (χ3v) is 19.1. The molecule has 52 heteroatoms. The number of nitro benzene ring substituents is 2. The Labute approximate surface area is 727 Å². The number of carbonyl (C=O) groups excluding carboxylic acids is 16. The molecule has 2 rings (SSSR count). The van der Waals surface area contributed by atoms with Crippen LogP contribution in [0, 0.1) is 42.9 Å². The highest BCUT2D eigenvalue weighted by Crippen LogP contribution is 2.29. The number of aliphatic hydroxyl groups excluding tert-OH is 2. The molecule has 0 bridgehead atoms. The van der Waals surface area contributed by atoms with Crippen molar-refractivity contribution in [1.29, 1.82) is 10.8 Å². The van der Waals surface area contributed by atoms with Crippen LogP contribution in [-0.4, -0.2) is 259 Å². The van der Waals surface area contributed by atoms with Crippen LogP contribution in [-0.2, 0) is 81.5 Å². The highest BCUT2D eigenvalue weighted by atomic mass is 16.6. The summed E-state index contributed by atoms with van der Waals surface area (Å²) in [6, 6.07) is -14.6. The number of nitrogens with two attached hydrogens (primary N) is 6. The molecule has 2 aromatic rings. The normalized spacial score (nSPS) is 14.7. The number of hydrogen-bond donors (Lipinski definition) is 28. The molecule has 127 heavy (non-hydrogen) atoms. The van der Waals surface area contributed by atoms with E-state index in [9.17, 15) is 127 Å². The SMILES string of the molecule is CC[C@H](C)[C@H](NC(=O)[C@@H](CCCNC(=N)N)NC(=O)[C@@H](NC(=O)c1ccccc1N)[C@@H](C)O)C(=O)N[C@@H](CC(=O)O)C(=O)N[C@@H](CCC(N)=O)C(=O)N[C@@H](C)C(=O)N[C@@H](CC(N)=O)C(=O)N[C@@H](CCC(N)=O)C(=O)N[C@@H](CCCNC(=N)N)C(=O)N[C@@H](C)C(=O)N[C@H](C(=O)N[C@@H](CCCCNc1ccc([N+](=O)[O-])cc1[N+](=O)[O-])C(=O)N[C@@H](CC(C)C)C(=O)O)[C@@H](C)O. The molecular weight excluding hydrogens is 1680 g/mol. The molecule has 0 aliphatic heterocycles. The predicted octanol–water partition coefficient (Wildman–Crippen LogP) is -7.33. The molecule has 52 nitrogen and oxygen atoms in total. The van der Waals surface area contributed by atoms with Gasteiger partial charge in [0.2, 0.25) is 88.6 Å². The summed E-state index contributed by atoms with van der Waals surface area (Å²) in [7, 11) is 0. The summed E-state index contributed by atoms with van der Waals surface area (Å²) in [5.74, 6) is -24.1. The Kier molecular flexibility index (Phi) is 46.6. The zero-order chi connectivity index (χ0) is 96.4. The molecule has 0 heterocycles. The van der Waals surface area contributed by atoms with Crippen molar-refractivity contribution in [2.45, 2.75) is 242 Å². The lowest BCUT2D eigenvalue weighted by atomic mass is 9.96. The first-order valence-corrected chi connectivity index (χ1v) is 40.2. The van der Waals surface area contributed by atoms with Crippen molar-refractivity contribution in [3.63, 3.8) is 0 Å². The Morgan fingerprint density at radius 1 is 0.425 bits per heavy atom. The fourth-order valence-electron chi connectivity index (χ4n) is 12.0. The number of nitrogens with one attached hydrogen (secondary N) is 18. The van der Waals surface area contributed by atoms with Crippen LogP contribution in [0.1, 0.15) is 162 Å². The Balaban J connectivity index is 2.47. The number of unbranched alkanes of at least 4 members (excludes halogenated alkanes) is 1. The van der Waals surface area contributed by atoms with Crippen molar-refractivity contribution in [3.8, 4) is 0 Å². The van der Waals surface area contributed by atoms with Gasteiger partial charge in [-0.25, -0.2) is 4.79 Å². The van der Waals surface area contributed by atoms with Crippen LogP contribution in [0.25, 0.3) is 0 Å². The van der Waals surface area contributed by atoms with Crippen molar-refractivity contribution in [2.75, 3.05) is 30.7 Å². The van der Waals surface area contributed by atoms with Gasteiger partial charge in [0, 0.05) is 44.2 Å². The summed E-state index contributed by atoms with van der Waals surface area (Å²) < 4.78 is 0. The topological polar surface area (TPSA) is 871 Å². The van der Waals surface area contributed by atoms with Crippen LogP contribution in [0.5, 0.6) is 0 Å². The van der Waals surface area contributed by atoms with E-state index < -0.39 is 275 Å². The highest BCUT2D eigenvalue weighted by Gasteiger charge is 2.40. The number of carboxylic acids is 2. The second kappa shape index (κ2) is 54.4. The second-order valence-electron chi connectivity index (χ2n) is 30.2. The molecule has 0 aliphatic rings. The fraction of sp³-hybridized carbons (Fsp3) is 0.573. The van der Waals surface area contributed by atoms with Crippen molar-refractivity contribution in [2.24, 2.45) is 40.5 Å². The Bertz CT molecular complexity index is 4290. The van der Waals surface area contributed by atoms with E-state index in [2.05, 4.69) is 85.1 Å². The third-order valence-electron chi connectivity index (χ3n) is 19.1. The van der Waals surface area contributed by atoms with Crippen molar-refractivity contribution >= 4 is 141 Å². The molecule has 0 saturated heterocycles. The van der Waals surface area contributed by atoms with Crippen LogP contribution >= 0.6 is 0 Å². The van der Waals surface area contributed by atoms with Crippen molar-refractivity contribution < 1.29 is 117 Å². The number of rotatable bonds is 59. The van der Waals surface area contributed by atoms with E-state index in [1.165, 1.54) is 38.1 Å². The Hall–Kier alpha value is -14.2. The molecule has 704 valence electrons.